The van der Waals surface area contributed by atoms with Crippen molar-refractivity contribution in [3.63, 3.8) is 0 Å². The monoisotopic (exact) mass is 283 g/mol. The van der Waals surface area contributed by atoms with E-state index < -0.39 is 35.7 Å². The Morgan fingerprint density at radius 1 is 1.25 bits per heavy atom. The van der Waals surface area contributed by atoms with Crippen molar-refractivity contribution in [2.75, 3.05) is 26.4 Å². The molecule has 0 bridgehead atoms. The van der Waals surface area contributed by atoms with Gasteiger partial charge in [-0.3, -0.25) is 0 Å². The maximum Gasteiger partial charge on any atom is 1.00 e. The van der Waals surface area contributed by atoms with Crippen LogP contribution < -0.4 is 56.1 Å². The first-order valence-corrected chi connectivity index (χ1v) is 5.51. The number of rotatable bonds is 8. The summed E-state index contributed by atoms with van der Waals surface area (Å²) in [5.41, 5.74) is 0. The molecule has 16 heavy (non-hydrogen) atoms. The predicted octanol–water partition coefficient (Wildman–Crippen LogP) is -6.23. The molecule has 0 heterocycles. The molecule has 0 saturated carbocycles. The molecular weight excluding hydrogens is 269 g/mol. The zero-order valence-electron chi connectivity index (χ0n) is 8.87. The Balaban J connectivity index is 0. The van der Waals surface area contributed by atoms with Gasteiger partial charge in [0.1, 0.15) is 6.10 Å². The second kappa shape index (κ2) is 10.3. The van der Waals surface area contributed by atoms with Crippen LogP contribution >= 0.6 is 0 Å². The Morgan fingerprint density at radius 3 is 2.19 bits per heavy atom. The van der Waals surface area contributed by atoms with Gasteiger partial charge in [0, 0.05) is 6.54 Å². The summed E-state index contributed by atoms with van der Waals surface area (Å²) in [5.74, 6) is 0. The second-order valence-electron chi connectivity index (χ2n) is 2.83. The minimum absolute atomic E-state index is 0. The van der Waals surface area contributed by atoms with Gasteiger partial charge >= 0.3 is 51.4 Å². The van der Waals surface area contributed by atoms with Crippen LogP contribution in [0.4, 0.5) is 0 Å². The van der Waals surface area contributed by atoms with Gasteiger partial charge in [-0.1, -0.05) is 0 Å². The van der Waals surface area contributed by atoms with Crippen molar-refractivity contribution in [3.8, 4) is 0 Å². The summed E-state index contributed by atoms with van der Waals surface area (Å²) in [7, 11) is -4.57. The van der Waals surface area contributed by atoms with Gasteiger partial charge in [-0.05, 0) is 0 Å². The molecule has 0 amide bonds. The van der Waals surface area contributed by atoms with Crippen molar-refractivity contribution in [2.24, 2.45) is 0 Å². The van der Waals surface area contributed by atoms with Gasteiger partial charge in [-0.15, -0.1) is 0 Å². The Morgan fingerprint density at radius 2 is 1.75 bits per heavy atom. The van der Waals surface area contributed by atoms with E-state index in [9.17, 15) is 13.0 Å². The number of hydrogen-bond acceptors (Lipinski definition) is 7. The van der Waals surface area contributed by atoms with E-state index in [0.717, 1.165) is 0 Å². The van der Waals surface area contributed by atoms with Gasteiger partial charge in [-0.25, -0.2) is 13.1 Å². The van der Waals surface area contributed by atoms with Gasteiger partial charge in [0.25, 0.3) is 0 Å². The van der Waals surface area contributed by atoms with Crippen molar-refractivity contribution in [3.05, 3.63) is 0 Å². The molecule has 0 aromatic carbocycles. The first-order valence-electron chi connectivity index (χ1n) is 4.10. The smallest absolute Gasteiger partial charge is 0.735 e. The minimum Gasteiger partial charge on any atom is -0.735 e. The topological polar surface area (TPSA) is 139 Å². The second-order valence-corrected chi connectivity index (χ2v) is 4.03. The molecule has 0 aromatic heterocycles. The van der Waals surface area contributed by atoms with Gasteiger partial charge in [0.15, 0.2) is 10.3 Å². The summed E-state index contributed by atoms with van der Waals surface area (Å²) in [6.45, 7) is -1.36. The number of ether oxygens (including phenoxy) is 1. The van der Waals surface area contributed by atoms with Crippen LogP contribution in [0.3, 0.4) is 0 Å². The third-order valence-corrected chi connectivity index (χ3v) is 1.85. The first kappa shape index (κ1) is 19.7. The SMILES string of the molecule is O=S(=O)([O-])NCC(O)COCC(O)CO.[K+]. The van der Waals surface area contributed by atoms with E-state index in [1.54, 1.807) is 4.72 Å². The molecule has 0 aliphatic carbocycles. The van der Waals surface area contributed by atoms with Crippen molar-refractivity contribution in [1.82, 2.24) is 4.72 Å². The summed E-state index contributed by atoms with van der Waals surface area (Å²) in [5, 5.41) is 26.3. The van der Waals surface area contributed by atoms with Gasteiger partial charge < -0.3 is 24.6 Å². The summed E-state index contributed by atoms with van der Waals surface area (Å²) in [6, 6.07) is 0. The Hall–Kier alpha value is 1.35. The van der Waals surface area contributed by atoms with E-state index in [2.05, 4.69) is 0 Å². The quantitative estimate of drug-likeness (QED) is 0.257. The van der Waals surface area contributed by atoms with Gasteiger partial charge in [-0.2, -0.15) is 0 Å². The molecule has 0 saturated heterocycles. The van der Waals surface area contributed by atoms with Gasteiger partial charge in [0.2, 0.25) is 0 Å². The average Bonchev–Trinajstić information content (AvgIpc) is 2.13. The van der Waals surface area contributed by atoms with Crippen LogP contribution in [0.5, 0.6) is 0 Å². The zero-order chi connectivity index (χ0) is 11.9. The number of nitrogens with one attached hydrogen (secondary N) is 1. The van der Waals surface area contributed by atoms with Crippen LogP contribution in [0.1, 0.15) is 0 Å². The Bertz CT molecular complexity index is 260. The van der Waals surface area contributed by atoms with Crippen LogP contribution in [0.2, 0.25) is 0 Å². The fourth-order valence-corrected chi connectivity index (χ4v) is 1.05. The summed E-state index contributed by atoms with van der Waals surface area (Å²) in [6.07, 6.45) is -2.23. The molecule has 10 heteroatoms. The molecule has 0 rings (SSSR count). The van der Waals surface area contributed by atoms with E-state index in [-0.39, 0.29) is 64.6 Å². The molecular formula is C6H14KNO7S. The van der Waals surface area contributed by atoms with Crippen LogP contribution in [-0.4, -0.2) is 66.9 Å². The summed E-state index contributed by atoms with van der Waals surface area (Å²) >= 11 is 0. The average molecular weight is 283 g/mol. The standard InChI is InChI=1S/C6H15NO7S.K/c8-2-6(10)4-14-3-5(9)1-7-15(11,12)13;/h5-10H,1-4H2,(H,11,12,13);/q;+1/p-1. The maximum atomic E-state index is 10.1. The first-order chi connectivity index (χ1) is 6.85. The van der Waals surface area contributed by atoms with Crippen LogP contribution in [0.25, 0.3) is 0 Å². The molecule has 0 spiro atoms. The molecule has 0 aromatic rings. The van der Waals surface area contributed by atoms with E-state index >= 15 is 0 Å². The molecule has 2 atom stereocenters. The summed E-state index contributed by atoms with van der Waals surface area (Å²) < 4.78 is 36.5. The predicted molar refractivity (Wildman–Crippen MR) is 47.6 cm³/mol. The largest absolute Gasteiger partial charge is 1.00 e. The third kappa shape index (κ3) is 13.4. The summed E-state index contributed by atoms with van der Waals surface area (Å²) in [4.78, 5) is 0. The fraction of sp³-hybridized carbons (Fsp3) is 1.00. The molecule has 0 aliphatic rings. The Kier molecular flexibility index (Phi) is 12.7. The van der Waals surface area contributed by atoms with Crippen molar-refractivity contribution in [1.29, 1.82) is 0 Å². The van der Waals surface area contributed by atoms with Crippen molar-refractivity contribution >= 4 is 10.3 Å². The van der Waals surface area contributed by atoms with E-state index in [1.165, 1.54) is 0 Å². The number of aliphatic hydroxyl groups excluding tert-OH is 3. The molecule has 2 unspecified atom stereocenters. The number of aliphatic hydroxyl groups is 3. The van der Waals surface area contributed by atoms with E-state index in [1.807, 2.05) is 0 Å². The molecule has 0 radical (unpaired) electrons. The van der Waals surface area contributed by atoms with Crippen LogP contribution in [-0.2, 0) is 15.0 Å². The molecule has 8 nitrogen and oxygen atoms in total. The normalized spacial score (nSPS) is 15.2. The molecule has 4 N–H and O–H groups in total. The van der Waals surface area contributed by atoms with Crippen molar-refractivity contribution < 1.29 is 84.4 Å². The number of hydrogen-bond donors (Lipinski definition) is 4. The van der Waals surface area contributed by atoms with Gasteiger partial charge in [0.05, 0.1) is 25.9 Å². The fourth-order valence-electron chi connectivity index (χ4n) is 0.650. The molecule has 0 aliphatic heterocycles. The molecule has 92 valence electrons. The zero-order valence-corrected chi connectivity index (χ0v) is 12.8. The van der Waals surface area contributed by atoms with Crippen LogP contribution in [0, 0.1) is 0 Å². The molecule has 0 fully saturated rings. The Labute approximate surface area is 136 Å². The third-order valence-electron chi connectivity index (χ3n) is 1.33. The van der Waals surface area contributed by atoms with E-state index in [4.69, 9.17) is 20.1 Å². The van der Waals surface area contributed by atoms with E-state index in [0.29, 0.717) is 0 Å². The van der Waals surface area contributed by atoms with Crippen molar-refractivity contribution in [2.45, 2.75) is 12.2 Å². The minimum atomic E-state index is -4.57. The van der Waals surface area contributed by atoms with Crippen LogP contribution in [0.15, 0.2) is 0 Å². The maximum absolute atomic E-state index is 10.1.